The van der Waals surface area contributed by atoms with Gasteiger partial charge >= 0.3 is 6.09 Å². The van der Waals surface area contributed by atoms with Crippen molar-refractivity contribution in [2.75, 3.05) is 19.7 Å². The molecule has 2 heterocycles. The van der Waals surface area contributed by atoms with Crippen molar-refractivity contribution in [3.63, 3.8) is 0 Å². The lowest BCUT2D eigenvalue weighted by Crippen LogP contribution is -2.44. The zero-order valence-corrected chi connectivity index (χ0v) is 14.5. The van der Waals surface area contributed by atoms with E-state index in [9.17, 15) is 9.90 Å². The fraction of sp³-hybridized carbons (Fsp3) is 0.381. The molecule has 0 radical (unpaired) electrons. The summed E-state index contributed by atoms with van der Waals surface area (Å²) in [4.78, 5) is 14.4. The molecule has 3 atom stereocenters. The van der Waals surface area contributed by atoms with Crippen molar-refractivity contribution in [2.24, 2.45) is 0 Å². The molecule has 1 amide bonds. The van der Waals surface area contributed by atoms with Gasteiger partial charge in [0, 0.05) is 25.0 Å². The van der Waals surface area contributed by atoms with E-state index in [1.54, 1.807) is 4.90 Å². The summed E-state index contributed by atoms with van der Waals surface area (Å²) in [5, 5.41) is 13.4. The van der Waals surface area contributed by atoms with Gasteiger partial charge in [-0.3, -0.25) is 0 Å². The van der Waals surface area contributed by atoms with Crippen LogP contribution in [0.4, 0.5) is 4.79 Å². The number of carbonyl (C=O) groups is 1. The summed E-state index contributed by atoms with van der Waals surface area (Å²) in [7, 11) is 0. The topological polar surface area (TPSA) is 61.8 Å². The summed E-state index contributed by atoms with van der Waals surface area (Å²) in [5.74, 6) is 0.0661. The summed E-state index contributed by atoms with van der Waals surface area (Å²) in [6.45, 7) is 1.50. The minimum atomic E-state index is -0.511. The van der Waals surface area contributed by atoms with Crippen molar-refractivity contribution in [3.05, 3.63) is 59.7 Å². The number of carbonyl (C=O) groups excluding carboxylic acids is 1. The Bertz CT molecular complexity index is 807. The average Bonchev–Trinajstić information content (AvgIpc) is 3.34. The maximum atomic E-state index is 12.7. The second-order valence-electron chi connectivity index (χ2n) is 7.36. The number of β-amino-alcohol motifs (C(OH)–C–C–N with tert-alkyl or cyclic N) is 1. The number of benzene rings is 2. The van der Waals surface area contributed by atoms with Crippen LogP contribution < -0.4 is 5.32 Å². The van der Waals surface area contributed by atoms with Crippen LogP contribution >= 0.6 is 0 Å². The SMILES string of the molecule is O=C(OCC1c2ccccc2-c2ccccc21)N1CCC2NCC(O)C21. The van der Waals surface area contributed by atoms with Gasteiger partial charge in [0.2, 0.25) is 0 Å². The smallest absolute Gasteiger partial charge is 0.410 e. The van der Waals surface area contributed by atoms with Crippen LogP contribution in [-0.4, -0.2) is 54.0 Å². The highest BCUT2D eigenvalue weighted by Crippen LogP contribution is 2.44. The number of hydrogen-bond acceptors (Lipinski definition) is 4. The average molecular weight is 350 g/mol. The van der Waals surface area contributed by atoms with Crippen molar-refractivity contribution >= 4 is 6.09 Å². The molecule has 5 rings (SSSR count). The lowest BCUT2D eigenvalue weighted by atomic mass is 9.98. The van der Waals surface area contributed by atoms with Gasteiger partial charge in [-0.2, -0.15) is 0 Å². The van der Waals surface area contributed by atoms with Crippen molar-refractivity contribution < 1.29 is 14.6 Å². The molecule has 5 nitrogen and oxygen atoms in total. The van der Waals surface area contributed by atoms with Gasteiger partial charge < -0.3 is 20.1 Å². The second kappa shape index (κ2) is 6.11. The Kier molecular flexibility index (Phi) is 3.72. The van der Waals surface area contributed by atoms with E-state index in [0.717, 1.165) is 6.42 Å². The fourth-order valence-electron chi connectivity index (χ4n) is 4.80. The van der Waals surface area contributed by atoms with Gasteiger partial charge in [-0.1, -0.05) is 48.5 Å². The lowest BCUT2D eigenvalue weighted by molar-refractivity contribution is 0.0634. The molecule has 2 N–H and O–H groups in total. The molecule has 3 unspecified atom stereocenters. The Labute approximate surface area is 152 Å². The standard InChI is InChI=1S/C21H22N2O3/c24-19-11-22-18-9-10-23(20(18)19)21(25)26-12-17-15-7-3-1-5-13(15)14-6-2-4-8-16(14)17/h1-8,17-20,22,24H,9-12H2. The van der Waals surface area contributed by atoms with E-state index >= 15 is 0 Å². The number of nitrogens with one attached hydrogen (secondary N) is 1. The van der Waals surface area contributed by atoms with E-state index in [1.807, 2.05) is 24.3 Å². The minimum Gasteiger partial charge on any atom is -0.448 e. The molecule has 0 aromatic heterocycles. The molecule has 5 heteroatoms. The zero-order valence-electron chi connectivity index (χ0n) is 14.5. The van der Waals surface area contributed by atoms with E-state index in [4.69, 9.17) is 4.74 Å². The number of aliphatic hydroxyl groups is 1. The van der Waals surface area contributed by atoms with Crippen molar-refractivity contribution in [2.45, 2.75) is 30.5 Å². The molecule has 0 bridgehead atoms. The number of hydrogen-bond donors (Lipinski definition) is 2. The highest BCUT2D eigenvalue weighted by molar-refractivity contribution is 5.79. The number of nitrogens with zero attached hydrogens (tertiary/aromatic N) is 1. The highest BCUT2D eigenvalue weighted by Gasteiger charge is 2.46. The van der Waals surface area contributed by atoms with Crippen LogP contribution in [0.25, 0.3) is 11.1 Å². The third kappa shape index (κ3) is 2.35. The third-order valence-electron chi connectivity index (χ3n) is 6.01. The molecule has 2 saturated heterocycles. The van der Waals surface area contributed by atoms with Crippen LogP contribution in [0.5, 0.6) is 0 Å². The molecule has 26 heavy (non-hydrogen) atoms. The van der Waals surface area contributed by atoms with Crippen LogP contribution in [0.15, 0.2) is 48.5 Å². The third-order valence-corrected chi connectivity index (χ3v) is 6.01. The Morgan fingerprint density at radius 1 is 1.12 bits per heavy atom. The Balaban J connectivity index is 1.35. The molecule has 2 aliphatic heterocycles. The molecule has 2 aromatic carbocycles. The lowest BCUT2D eigenvalue weighted by Gasteiger charge is -2.26. The van der Waals surface area contributed by atoms with E-state index < -0.39 is 6.10 Å². The number of likely N-dealkylation sites (tertiary alicyclic amines) is 1. The van der Waals surface area contributed by atoms with Gasteiger partial charge in [0.25, 0.3) is 0 Å². The first-order valence-corrected chi connectivity index (χ1v) is 9.27. The van der Waals surface area contributed by atoms with Gasteiger partial charge in [-0.25, -0.2) is 4.79 Å². The molecule has 0 spiro atoms. The Morgan fingerprint density at radius 2 is 1.77 bits per heavy atom. The van der Waals surface area contributed by atoms with E-state index in [1.165, 1.54) is 22.3 Å². The molecule has 1 aliphatic carbocycles. The molecular formula is C21H22N2O3. The highest BCUT2D eigenvalue weighted by atomic mass is 16.6. The molecule has 0 saturated carbocycles. The van der Waals surface area contributed by atoms with Crippen LogP contribution in [-0.2, 0) is 4.74 Å². The van der Waals surface area contributed by atoms with Crippen molar-refractivity contribution in [1.29, 1.82) is 0 Å². The normalized spacial score (nSPS) is 26.5. The number of rotatable bonds is 2. The zero-order chi connectivity index (χ0) is 17.7. The first-order chi connectivity index (χ1) is 12.7. The number of ether oxygens (including phenoxy) is 1. The monoisotopic (exact) mass is 350 g/mol. The summed E-state index contributed by atoms with van der Waals surface area (Å²) >= 11 is 0. The van der Waals surface area contributed by atoms with Crippen molar-refractivity contribution in [3.8, 4) is 11.1 Å². The first-order valence-electron chi connectivity index (χ1n) is 9.27. The second-order valence-corrected chi connectivity index (χ2v) is 7.36. The number of amides is 1. The molecule has 2 fully saturated rings. The van der Waals surface area contributed by atoms with Gasteiger partial charge in [0.1, 0.15) is 6.61 Å². The van der Waals surface area contributed by atoms with E-state index in [-0.39, 0.29) is 24.1 Å². The Hall–Kier alpha value is -2.37. The molecule has 2 aromatic rings. The quantitative estimate of drug-likeness (QED) is 0.873. The minimum absolute atomic E-state index is 0.0661. The number of fused-ring (bicyclic) bond motifs is 4. The maximum Gasteiger partial charge on any atom is 0.410 e. The van der Waals surface area contributed by atoms with Crippen LogP contribution in [0.3, 0.4) is 0 Å². The summed E-state index contributed by atoms with van der Waals surface area (Å²) in [5.41, 5.74) is 4.87. The number of aliphatic hydroxyl groups excluding tert-OH is 1. The molecule has 3 aliphatic rings. The van der Waals surface area contributed by atoms with Gasteiger partial charge in [0.05, 0.1) is 12.1 Å². The Morgan fingerprint density at radius 3 is 2.46 bits per heavy atom. The van der Waals surface area contributed by atoms with Crippen LogP contribution in [0.2, 0.25) is 0 Å². The van der Waals surface area contributed by atoms with Gasteiger partial charge in [-0.05, 0) is 28.7 Å². The van der Waals surface area contributed by atoms with E-state index in [2.05, 4.69) is 29.6 Å². The van der Waals surface area contributed by atoms with Crippen molar-refractivity contribution in [1.82, 2.24) is 10.2 Å². The van der Waals surface area contributed by atoms with Crippen LogP contribution in [0.1, 0.15) is 23.5 Å². The molecule has 134 valence electrons. The molecular weight excluding hydrogens is 328 g/mol. The van der Waals surface area contributed by atoms with Gasteiger partial charge in [-0.15, -0.1) is 0 Å². The van der Waals surface area contributed by atoms with Gasteiger partial charge in [0.15, 0.2) is 0 Å². The van der Waals surface area contributed by atoms with Crippen LogP contribution in [0, 0.1) is 0 Å². The summed E-state index contributed by atoms with van der Waals surface area (Å²) < 4.78 is 5.73. The van der Waals surface area contributed by atoms with E-state index in [0.29, 0.717) is 19.7 Å². The predicted molar refractivity (Wildman–Crippen MR) is 98.0 cm³/mol. The summed E-state index contributed by atoms with van der Waals surface area (Å²) in [6.07, 6.45) is 0.0384. The fourth-order valence-corrected chi connectivity index (χ4v) is 4.80. The predicted octanol–water partition coefficient (Wildman–Crippen LogP) is 2.34. The first kappa shape index (κ1) is 15.9. The summed E-state index contributed by atoms with van der Waals surface area (Å²) in [6, 6.07) is 16.7. The largest absolute Gasteiger partial charge is 0.448 e. The maximum absolute atomic E-state index is 12.7.